The minimum atomic E-state index is -0.236. The Morgan fingerprint density at radius 2 is 2.13 bits per heavy atom. The highest BCUT2D eigenvalue weighted by Gasteiger charge is 2.04. The number of hydrogen-bond acceptors (Lipinski definition) is 3. The molecule has 0 aromatic carbocycles. The smallest absolute Gasteiger partial charge is 0.225 e. The fraction of sp³-hybridized carbons (Fsp3) is 0.300. The summed E-state index contributed by atoms with van der Waals surface area (Å²) in [5.74, 6) is 0.153. The van der Waals surface area contributed by atoms with E-state index in [9.17, 15) is 9.59 Å². The maximum absolute atomic E-state index is 11.3. The van der Waals surface area contributed by atoms with Crippen molar-refractivity contribution in [1.82, 2.24) is 4.98 Å². The maximum Gasteiger partial charge on any atom is 0.225 e. The molecule has 0 atom stereocenters. The first-order chi connectivity index (χ1) is 7.08. The van der Waals surface area contributed by atoms with Crippen LogP contribution in [0.3, 0.4) is 0 Å². The Kier molecular flexibility index (Phi) is 4.24. The highest BCUT2D eigenvalue weighted by atomic mass is 35.5. The topological polar surface area (TPSA) is 59.1 Å². The van der Waals surface area contributed by atoms with E-state index in [2.05, 4.69) is 10.3 Å². The largest absolute Gasteiger partial charge is 0.311 e. The van der Waals surface area contributed by atoms with Gasteiger partial charge in [0.25, 0.3) is 0 Å². The number of halogens is 1. The van der Waals surface area contributed by atoms with Crippen molar-refractivity contribution in [3.05, 3.63) is 23.4 Å². The summed E-state index contributed by atoms with van der Waals surface area (Å²) in [6.45, 7) is 1.45. The minimum Gasteiger partial charge on any atom is -0.311 e. The fourth-order valence-corrected chi connectivity index (χ4v) is 1.14. The lowest BCUT2D eigenvalue weighted by Gasteiger charge is -2.03. The Morgan fingerprint density at radius 3 is 2.73 bits per heavy atom. The van der Waals surface area contributed by atoms with Crippen LogP contribution < -0.4 is 5.32 Å². The van der Waals surface area contributed by atoms with Crippen molar-refractivity contribution in [2.75, 3.05) is 5.32 Å². The van der Waals surface area contributed by atoms with Crippen LogP contribution >= 0.6 is 11.6 Å². The van der Waals surface area contributed by atoms with E-state index in [4.69, 9.17) is 11.6 Å². The first kappa shape index (κ1) is 11.7. The fourth-order valence-electron chi connectivity index (χ4n) is 0.973. The van der Waals surface area contributed by atoms with Crippen molar-refractivity contribution < 1.29 is 9.59 Å². The zero-order valence-electron chi connectivity index (χ0n) is 8.29. The van der Waals surface area contributed by atoms with E-state index in [1.165, 1.54) is 6.92 Å². The van der Waals surface area contributed by atoms with Gasteiger partial charge >= 0.3 is 0 Å². The normalized spacial score (nSPS) is 9.73. The molecule has 1 rings (SSSR count). The molecule has 0 aliphatic heterocycles. The summed E-state index contributed by atoms with van der Waals surface area (Å²) in [5.41, 5.74) is 0. The molecule has 0 aliphatic rings. The molecule has 15 heavy (non-hydrogen) atoms. The van der Waals surface area contributed by atoms with Crippen LogP contribution in [0.15, 0.2) is 18.2 Å². The Morgan fingerprint density at radius 1 is 1.40 bits per heavy atom. The van der Waals surface area contributed by atoms with Gasteiger partial charge in [-0.25, -0.2) is 4.98 Å². The van der Waals surface area contributed by atoms with Crippen molar-refractivity contribution in [1.29, 1.82) is 0 Å². The third kappa shape index (κ3) is 4.56. The zero-order chi connectivity index (χ0) is 11.3. The summed E-state index contributed by atoms with van der Waals surface area (Å²) in [6.07, 6.45) is 0.413. The van der Waals surface area contributed by atoms with Crippen LogP contribution in [0.1, 0.15) is 19.8 Å². The van der Waals surface area contributed by atoms with E-state index in [1.54, 1.807) is 18.2 Å². The molecule has 5 heteroatoms. The molecule has 0 spiro atoms. The van der Waals surface area contributed by atoms with Crippen LogP contribution in [-0.2, 0) is 9.59 Å². The Balaban J connectivity index is 2.48. The van der Waals surface area contributed by atoms with Crippen LogP contribution in [0.25, 0.3) is 0 Å². The first-order valence-electron chi connectivity index (χ1n) is 4.50. The summed E-state index contributed by atoms with van der Waals surface area (Å²) in [7, 11) is 0. The molecule has 1 N–H and O–H groups in total. The predicted octanol–water partition coefficient (Wildman–Crippen LogP) is 2.04. The molecule has 80 valence electrons. The summed E-state index contributed by atoms with van der Waals surface area (Å²) in [6, 6.07) is 4.94. The monoisotopic (exact) mass is 226 g/mol. The molecule has 0 fully saturated rings. The quantitative estimate of drug-likeness (QED) is 0.800. The standard InChI is InChI=1S/C10H11ClN2O2/c1-7(14)5-6-10(15)13-9-4-2-3-8(11)12-9/h2-4H,5-6H2,1H3,(H,12,13,15). The first-order valence-corrected chi connectivity index (χ1v) is 4.87. The molecular weight excluding hydrogens is 216 g/mol. The predicted molar refractivity (Wildman–Crippen MR) is 57.8 cm³/mol. The number of hydrogen-bond donors (Lipinski definition) is 1. The molecule has 0 bridgehead atoms. The van der Waals surface area contributed by atoms with Crippen LogP contribution in [-0.4, -0.2) is 16.7 Å². The summed E-state index contributed by atoms with van der Waals surface area (Å²) in [5, 5.41) is 2.87. The number of nitrogens with one attached hydrogen (secondary N) is 1. The average Bonchev–Trinajstić information content (AvgIpc) is 2.15. The molecule has 1 amide bonds. The number of anilines is 1. The van der Waals surface area contributed by atoms with Gasteiger partial charge in [-0.15, -0.1) is 0 Å². The lowest BCUT2D eigenvalue weighted by atomic mass is 10.2. The van der Waals surface area contributed by atoms with E-state index >= 15 is 0 Å². The Hall–Kier alpha value is -1.42. The molecule has 0 unspecified atom stereocenters. The number of carbonyl (C=O) groups excluding carboxylic acids is 2. The minimum absolute atomic E-state index is 0.01000. The number of amides is 1. The third-order valence-electron chi connectivity index (χ3n) is 1.69. The van der Waals surface area contributed by atoms with E-state index in [0.29, 0.717) is 11.0 Å². The van der Waals surface area contributed by atoms with Crippen molar-refractivity contribution in [2.45, 2.75) is 19.8 Å². The van der Waals surface area contributed by atoms with E-state index < -0.39 is 0 Å². The van der Waals surface area contributed by atoms with Crippen LogP contribution in [0.5, 0.6) is 0 Å². The number of carbonyl (C=O) groups is 2. The average molecular weight is 227 g/mol. The molecule has 1 heterocycles. The van der Waals surface area contributed by atoms with Crippen molar-refractivity contribution in [3.8, 4) is 0 Å². The van der Waals surface area contributed by atoms with E-state index in [-0.39, 0.29) is 24.5 Å². The number of pyridine rings is 1. The van der Waals surface area contributed by atoms with E-state index in [0.717, 1.165) is 0 Å². The van der Waals surface area contributed by atoms with Gasteiger partial charge in [0.2, 0.25) is 5.91 Å². The van der Waals surface area contributed by atoms with E-state index in [1.807, 2.05) is 0 Å². The molecule has 0 aliphatic carbocycles. The number of rotatable bonds is 4. The molecule has 1 aromatic rings. The maximum atomic E-state index is 11.3. The Labute approximate surface area is 92.7 Å². The summed E-state index contributed by atoms with van der Waals surface area (Å²) in [4.78, 5) is 25.8. The van der Waals surface area contributed by atoms with Crippen LogP contribution in [0, 0.1) is 0 Å². The Bertz CT molecular complexity index is 379. The molecular formula is C10H11ClN2O2. The highest BCUT2D eigenvalue weighted by molar-refractivity contribution is 6.29. The van der Waals surface area contributed by atoms with Gasteiger partial charge in [-0.05, 0) is 19.1 Å². The molecule has 0 radical (unpaired) electrons. The second kappa shape index (κ2) is 5.46. The van der Waals surface area contributed by atoms with Gasteiger partial charge in [-0.3, -0.25) is 4.79 Å². The summed E-state index contributed by atoms with van der Waals surface area (Å²) < 4.78 is 0. The van der Waals surface area contributed by atoms with Gasteiger partial charge in [0.1, 0.15) is 16.8 Å². The third-order valence-corrected chi connectivity index (χ3v) is 1.90. The van der Waals surface area contributed by atoms with Gasteiger partial charge in [-0.1, -0.05) is 17.7 Å². The van der Waals surface area contributed by atoms with Gasteiger partial charge < -0.3 is 10.1 Å². The lowest BCUT2D eigenvalue weighted by molar-refractivity contribution is -0.121. The summed E-state index contributed by atoms with van der Waals surface area (Å²) >= 11 is 5.64. The lowest BCUT2D eigenvalue weighted by Crippen LogP contribution is -2.13. The van der Waals surface area contributed by atoms with Gasteiger partial charge in [0.05, 0.1) is 0 Å². The van der Waals surface area contributed by atoms with Crippen LogP contribution in [0.4, 0.5) is 5.82 Å². The molecule has 0 saturated carbocycles. The van der Waals surface area contributed by atoms with Crippen molar-refractivity contribution in [2.24, 2.45) is 0 Å². The molecule has 1 aromatic heterocycles. The number of nitrogens with zero attached hydrogens (tertiary/aromatic N) is 1. The number of aromatic nitrogens is 1. The van der Waals surface area contributed by atoms with Gasteiger partial charge in [0.15, 0.2) is 0 Å². The van der Waals surface area contributed by atoms with Crippen LogP contribution in [0.2, 0.25) is 5.15 Å². The highest BCUT2D eigenvalue weighted by Crippen LogP contribution is 2.09. The second-order valence-corrected chi connectivity index (χ2v) is 3.48. The second-order valence-electron chi connectivity index (χ2n) is 3.10. The van der Waals surface area contributed by atoms with Gasteiger partial charge in [-0.2, -0.15) is 0 Å². The molecule has 0 saturated heterocycles. The number of ketones is 1. The van der Waals surface area contributed by atoms with Gasteiger partial charge in [0, 0.05) is 12.8 Å². The SMILES string of the molecule is CC(=O)CCC(=O)Nc1cccc(Cl)n1. The number of Topliss-reactive ketones (excluding diaryl/α,β-unsaturated/α-hetero) is 1. The zero-order valence-corrected chi connectivity index (χ0v) is 9.04. The molecule has 4 nitrogen and oxygen atoms in total. The van der Waals surface area contributed by atoms with Crippen molar-refractivity contribution in [3.63, 3.8) is 0 Å². The van der Waals surface area contributed by atoms with Crippen molar-refractivity contribution >= 4 is 29.1 Å².